The van der Waals surface area contributed by atoms with E-state index >= 15 is 0 Å². The van der Waals surface area contributed by atoms with E-state index in [9.17, 15) is 19.4 Å². The van der Waals surface area contributed by atoms with Gasteiger partial charge >= 0.3 is 5.97 Å². The highest BCUT2D eigenvalue weighted by atomic mass is 19.1. The van der Waals surface area contributed by atoms with Crippen molar-refractivity contribution in [1.29, 1.82) is 0 Å². The number of aliphatic hydroxyl groups excluding tert-OH is 2. The maximum atomic E-state index is 13.6. The summed E-state index contributed by atoms with van der Waals surface area (Å²) in [7, 11) is 0. The lowest BCUT2D eigenvalue weighted by molar-refractivity contribution is -0.139. The molecule has 1 aromatic carbocycles. The van der Waals surface area contributed by atoms with E-state index in [2.05, 4.69) is 9.97 Å². The van der Waals surface area contributed by atoms with Gasteiger partial charge in [0.15, 0.2) is 5.82 Å². The van der Waals surface area contributed by atoms with Gasteiger partial charge in [0.1, 0.15) is 5.82 Å². The van der Waals surface area contributed by atoms with E-state index < -0.39 is 24.6 Å². The van der Waals surface area contributed by atoms with Gasteiger partial charge in [-0.2, -0.15) is 5.10 Å². The molecule has 2 aromatic heterocycles. The number of aliphatic hydroxyl groups is 2. The van der Waals surface area contributed by atoms with Gasteiger partial charge in [0, 0.05) is 29.9 Å². The van der Waals surface area contributed by atoms with Crippen LogP contribution in [0.5, 0.6) is 0 Å². The summed E-state index contributed by atoms with van der Waals surface area (Å²) in [6.07, 6.45) is 5.03. The molecule has 3 rings (SSSR count). The van der Waals surface area contributed by atoms with Gasteiger partial charge in [-0.1, -0.05) is 26.0 Å². The minimum Gasteiger partial charge on any atom is -0.481 e. The maximum Gasteiger partial charge on any atom is 0.305 e. The molecular formula is C23H25FN4O4. The minimum atomic E-state index is -1.17. The molecule has 0 saturated heterocycles. The molecule has 0 spiro atoms. The molecule has 0 fully saturated rings. The molecule has 0 bridgehead atoms. The molecular weight excluding hydrogens is 415 g/mol. The van der Waals surface area contributed by atoms with Crippen molar-refractivity contribution in [3.63, 3.8) is 0 Å². The molecule has 8 nitrogen and oxygen atoms in total. The SMILES string of the molecule is CC(C)c1nn(-c2cnccn2)c(-c2ccc(F)cc2)c1C=CC(O)CC(O)CC(=O)O. The summed E-state index contributed by atoms with van der Waals surface area (Å²) in [5.74, 6) is -1.02. The van der Waals surface area contributed by atoms with Gasteiger partial charge in [-0.25, -0.2) is 14.1 Å². The Hall–Kier alpha value is -3.43. The smallest absolute Gasteiger partial charge is 0.305 e. The van der Waals surface area contributed by atoms with Gasteiger partial charge < -0.3 is 15.3 Å². The summed E-state index contributed by atoms with van der Waals surface area (Å²) in [5, 5.41) is 33.6. The third kappa shape index (κ3) is 5.63. The predicted octanol–water partition coefficient (Wildman–Crippen LogP) is 3.19. The predicted molar refractivity (Wildman–Crippen MR) is 117 cm³/mol. The second-order valence-corrected chi connectivity index (χ2v) is 7.70. The highest BCUT2D eigenvalue weighted by molar-refractivity contribution is 5.75. The van der Waals surface area contributed by atoms with Gasteiger partial charge in [0.2, 0.25) is 0 Å². The zero-order chi connectivity index (χ0) is 23.3. The zero-order valence-electron chi connectivity index (χ0n) is 17.8. The molecule has 3 N–H and O–H groups in total. The number of hydrogen-bond acceptors (Lipinski definition) is 6. The Morgan fingerprint density at radius 1 is 1.19 bits per heavy atom. The summed E-state index contributed by atoms with van der Waals surface area (Å²) in [5.41, 5.74) is 2.76. The standard InChI is InChI=1S/C23H25FN4O4/c1-14(2)22-19(8-7-17(29)11-18(30)12-21(31)32)23(15-3-5-16(24)6-4-15)28(27-22)20-13-25-9-10-26-20/h3-10,13-14,17-18,29-30H,11-12H2,1-2H3,(H,31,32). The monoisotopic (exact) mass is 440 g/mol. The molecule has 3 aromatic rings. The van der Waals surface area contributed by atoms with Gasteiger partial charge in [-0.3, -0.25) is 9.78 Å². The molecule has 0 aliphatic rings. The molecule has 0 radical (unpaired) electrons. The van der Waals surface area contributed by atoms with Crippen LogP contribution in [0.1, 0.15) is 43.9 Å². The molecule has 2 heterocycles. The van der Waals surface area contributed by atoms with E-state index in [-0.39, 0.29) is 18.2 Å². The fourth-order valence-electron chi connectivity index (χ4n) is 3.34. The maximum absolute atomic E-state index is 13.6. The molecule has 32 heavy (non-hydrogen) atoms. The van der Waals surface area contributed by atoms with E-state index in [1.54, 1.807) is 41.5 Å². The van der Waals surface area contributed by atoms with Crippen LogP contribution in [-0.4, -0.2) is 53.2 Å². The first-order valence-electron chi connectivity index (χ1n) is 10.2. The minimum absolute atomic E-state index is 0.0153. The van der Waals surface area contributed by atoms with Crippen molar-refractivity contribution in [2.45, 2.75) is 44.8 Å². The Balaban J connectivity index is 2.08. The van der Waals surface area contributed by atoms with Crippen LogP contribution in [0.25, 0.3) is 23.2 Å². The number of aromatic nitrogens is 4. The number of nitrogens with zero attached hydrogens (tertiary/aromatic N) is 4. The number of benzene rings is 1. The van der Waals surface area contributed by atoms with Crippen molar-refractivity contribution in [3.8, 4) is 17.1 Å². The number of hydrogen-bond donors (Lipinski definition) is 3. The molecule has 2 atom stereocenters. The summed E-state index contributed by atoms with van der Waals surface area (Å²) in [4.78, 5) is 19.2. The molecule has 9 heteroatoms. The van der Waals surface area contributed by atoms with Crippen LogP contribution in [0.3, 0.4) is 0 Å². The Bertz CT molecular complexity index is 1080. The summed E-state index contributed by atoms with van der Waals surface area (Å²) in [6.45, 7) is 3.95. The Kier molecular flexibility index (Phi) is 7.45. The first-order valence-corrected chi connectivity index (χ1v) is 10.2. The lowest BCUT2D eigenvalue weighted by Gasteiger charge is -2.11. The van der Waals surface area contributed by atoms with Gasteiger partial charge in [0.05, 0.1) is 36.2 Å². The van der Waals surface area contributed by atoms with Crippen molar-refractivity contribution in [2.75, 3.05) is 0 Å². The summed E-state index contributed by atoms with van der Waals surface area (Å²) < 4.78 is 15.2. The van der Waals surface area contributed by atoms with Crippen molar-refractivity contribution in [3.05, 3.63) is 66.0 Å². The first kappa shape index (κ1) is 23.2. The second-order valence-electron chi connectivity index (χ2n) is 7.70. The number of carbonyl (C=O) groups is 1. The molecule has 0 saturated carbocycles. The summed E-state index contributed by atoms with van der Waals surface area (Å²) >= 11 is 0. The number of carboxylic acids is 1. The van der Waals surface area contributed by atoms with Crippen LogP contribution >= 0.6 is 0 Å². The molecule has 2 unspecified atom stereocenters. The van der Waals surface area contributed by atoms with Gasteiger partial charge in [0.25, 0.3) is 0 Å². The number of carboxylic acid groups (broad SMARTS) is 1. The van der Waals surface area contributed by atoms with Crippen LogP contribution in [-0.2, 0) is 4.79 Å². The zero-order valence-corrected chi connectivity index (χ0v) is 17.8. The third-order valence-electron chi connectivity index (χ3n) is 4.79. The van der Waals surface area contributed by atoms with E-state index in [4.69, 9.17) is 10.2 Å². The lowest BCUT2D eigenvalue weighted by atomic mass is 9.98. The highest BCUT2D eigenvalue weighted by Gasteiger charge is 2.22. The quantitative estimate of drug-likeness (QED) is 0.467. The topological polar surface area (TPSA) is 121 Å². The van der Waals surface area contributed by atoms with Crippen molar-refractivity contribution >= 4 is 12.0 Å². The van der Waals surface area contributed by atoms with E-state index in [1.165, 1.54) is 18.2 Å². The van der Waals surface area contributed by atoms with Gasteiger partial charge in [-0.15, -0.1) is 0 Å². The van der Waals surface area contributed by atoms with Crippen LogP contribution in [0, 0.1) is 5.82 Å². The average molecular weight is 440 g/mol. The van der Waals surface area contributed by atoms with Gasteiger partial charge in [-0.05, 0) is 30.2 Å². The molecule has 0 aliphatic heterocycles. The van der Waals surface area contributed by atoms with Crippen molar-refractivity contribution in [2.24, 2.45) is 0 Å². The number of halogens is 1. The van der Waals surface area contributed by atoms with Crippen LogP contribution in [0.4, 0.5) is 4.39 Å². The van der Waals surface area contributed by atoms with Crippen LogP contribution in [0.15, 0.2) is 48.9 Å². The van der Waals surface area contributed by atoms with E-state index in [0.29, 0.717) is 22.6 Å². The van der Waals surface area contributed by atoms with Crippen molar-refractivity contribution < 1.29 is 24.5 Å². The van der Waals surface area contributed by atoms with Crippen LogP contribution < -0.4 is 0 Å². The fraction of sp³-hybridized carbons (Fsp3) is 0.304. The van der Waals surface area contributed by atoms with Crippen LogP contribution in [0.2, 0.25) is 0 Å². The number of aliphatic carboxylic acids is 1. The van der Waals surface area contributed by atoms with Crippen molar-refractivity contribution in [1.82, 2.24) is 19.7 Å². The normalized spacial score (nSPS) is 13.6. The van der Waals surface area contributed by atoms with E-state index in [0.717, 1.165) is 5.69 Å². The average Bonchev–Trinajstić information content (AvgIpc) is 3.12. The Morgan fingerprint density at radius 2 is 1.91 bits per heavy atom. The largest absolute Gasteiger partial charge is 0.481 e. The lowest BCUT2D eigenvalue weighted by Crippen LogP contribution is -2.19. The summed E-state index contributed by atoms with van der Waals surface area (Å²) in [6, 6.07) is 5.97. The Morgan fingerprint density at radius 3 is 2.50 bits per heavy atom. The fourth-order valence-corrected chi connectivity index (χ4v) is 3.34. The molecule has 0 amide bonds. The molecule has 0 aliphatic carbocycles. The third-order valence-corrected chi connectivity index (χ3v) is 4.79. The first-order chi connectivity index (χ1) is 15.3. The molecule has 168 valence electrons. The number of rotatable bonds is 9. The Labute approximate surface area is 184 Å². The highest BCUT2D eigenvalue weighted by Crippen LogP contribution is 2.33. The van der Waals surface area contributed by atoms with E-state index in [1.807, 2.05) is 13.8 Å². The second kappa shape index (κ2) is 10.3.